The summed E-state index contributed by atoms with van der Waals surface area (Å²) in [5.41, 5.74) is 3.55. The van der Waals surface area contributed by atoms with Crippen LogP contribution in [-0.4, -0.2) is 25.5 Å². The van der Waals surface area contributed by atoms with Gasteiger partial charge in [-0.2, -0.15) is 4.31 Å². The van der Waals surface area contributed by atoms with Crippen LogP contribution in [0.5, 0.6) is 5.75 Å². The van der Waals surface area contributed by atoms with E-state index in [4.69, 9.17) is 9.47 Å². The molecule has 0 aliphatic carbocycles. The number of rotatable bonds is 8. The average Bonchev–Trinajstić information content (AvgIpc) is 3.05. The third kappa shape index (κ3) is 6.39. The second kappa shape index (κ2) is 12.6. The van der Waals surface area contributed by atoms with Crippen LogP contribution in [-0.2, 0) is 32.6 Å². The van der Waals surface area contributed by atoms with E-state index in [9.17, 15) is 18.0 Å². The molecule has 0 atom stereocenters. The van der Waals surface area contributed by atoms with Crippen LogP contribution in [0, 0.1) is 6.92 Å². The molecule has 5 aromatic carbocycles. The minimum Gasteiger partial charge on any atom is -0.461 e. The van der Waals surface area contributed by atoms with Crippen LogP contribution >= 0.6 is 0 Å². The standard InChI is InChI=1S/C36H28N2O6S/c1-25-15-21-29(22-16-25)45(41,42)38(28-19-17-26(18-20-28)23-34(39)43-24-27-9-3-2-4-10-27)36(40)44-35-30-11-5-7-13-32(30)37-33-14-8-6-12-31(33)35/h2-22H,23-24H2,1H3. The molecule has 0 aliphatic heterocycles. The molecule has 1 amide bonds. The summed E-state index contributed by atoms with van der Waals surface area (Å²) in [7, 11) is -4.42. The molecule has 0 radical (unpaired) electrons. The van der Waals surface area contributed by atoms with E-state index >= 15 is 0 Å². The molecular weight excluding hydrogens is 588 g/mol. The van der Waals surface area contributed by atoms with Crippen molar-refractivity contribution in [3.8, 4) is 5.75 Å². The molecule has 0 bridgehead atoms. The van der Waals surface area contributed by atoms with E-state index in [-0.39, 0.29) is 29.4 Å². The van der Waals surface area contributed by atoms with Crippen LogP contribution in [0.25, 0.3) is 21.8 Å². The molecule has 0 spiro atoms. The lowest BCUT2D eigenvalue weighted by molar-refractivity contribution is -0.144. The second-order valence-electron chi connectivity index (χ2n) is 10.4. The van der Waals surface area contributed by atoms with Gasteiger partial charge in [-0.3, -0.25) is 4.79 Å². The minimum absolute atomic E-state index is 0.0305. The topological polar surface area (TPSA) is 103 Å². The van der Waals surface area contributed by atoms with E-state index in [1.807, 2.05) is 49.4 Å². The number of sulfonamides is 1. The highest BCUT2D eigenvalue weighted by molar-refractivity contribution is 7.93. The Morgan fingerprint density at radius 3 is 1.89 bits per heavy atom. The second-order valence-corrected chi connectivity index (χ2v) is 12.2. The molecule has 6 aromatic rings. The summed E-state index contributed by atoms with van der Waals surface area (Å²) in [6.45, 7) is 1.98. The Kier molecular flexibility index (Phi) is 8.26. The van der Waals surface area contributed by atoms with E-state index in [1.165, 1.54) is 24.3 Å². The van der Waals surface area contributed by atoms with Gasteiger partial charge in [-0.1, -0.05) is 84.4 Å². The highest BCUT2D eigenvalue weighted by Gasteiger charge is 2.33. The largest absolute Gasteiger partial charge is 0.461 e. The molecule has 0 saturated carbocycles. The van der Waals surface area contributed by atoms with Crippen molar-refractivity contribution in [3.63, 3.8) is 0 Å². The van der Waals surface area contributed by atoms with Crippen LogP contribution in [0.3, 0.4) is 0 Å². The summed E-state index contributed by atoms with van der Waals surface area (Å²) < 4.78 is 40.0. The highest BCUT2D eigenvalue weighted by Crippen LogP contribution is 2.34. The fourth-order valence-electron chi connectivity index (χ4n) is 4.90. The number of nitrogens with zero attached hydrogens (tertiary/aromatic N) is 2. The molecule has 1 aromatic heterocycles. The van der Waals surface area contributed by atoms with Crippen LogP contribution in [0.15, 0.2) is 132 Å². The van der Waals surface area contributed by atoms with Crippen molar-refractivity contribution in [3.05, 3.63) is 144 Å². The molecule has 0 fully saturated rings. The van der Waals surface area contributed by atoms with E-state index < -0.39 is 22.1 Å². The number of hydrogen-bond acceptors (Lipinski definition) is 7. The van der Waals surface area contributed by atoms with Gasteiger partial charge in [0.15, 0.2) is 5.75 Å². The Morgan fingerprint density at radius 1 is 0.689 bits per heavy atom. The lowest BCUT2D eigenvalue weighted by atomic mass is 10.1. The van der Waals surface area contributed by atoms with Crippen LogP contribution in [0.2, 0.25) is 0 Å². The van der Waals surface area contributed by atoms with E-state index in [0.717, 1.165) is 11.1 Å². The van der Waals surface area contributed by atoms with Gasteiger partial charge in [-0.25, -0.2) is 18.2 Å². The van der Waals surface area contributed by atoms with Crippen LogP contribution < -0.4 is 9.04 Å². The van der Waals surface area contributed by atoms with Gasteiger partial charge in [0.05, 0.1) is 28.0 Å². The highest BCUT2D eigenvalue weighted by atomic mass is 32.2. The zero-order valence-corrected chi connectivity index (χ0v) is 25.1. The van der Waals surface area contributed by atoms with Gasteiger partial charge >= 0.3 is 12.1 Å². The number of carbonyl (C=O) groups excluding carboxylic acids is 2. The summed E-state index contributed by atoms with van der Waals surface area (Å²) in [6.07, 6.45) is -1.15. The number of fused-ring (bicyclic) bond motifs is 2. The first-order chi connectivity index (χ1) is 21.8. The Hall–Kier alpha value is -5.54. The predicted octanol–water partition coefficient (Wildman–Crippen LogP) is 7.38. The number of aryl methyl sites for hydroxylation is 1. The Morgan fingerprint density at radius 2 is 1.27 bits per heavy atom. The van der Waals surface area contributed by atoms with E-state index in [2.05, 4.69) is 4.98 Å². The number of benzene rings is 5. The summed E-state index contributed by atoms with van der Waals surface area (Å²) >= 11 is 0. The van der Waals surface area contributed by atoms with Gasteiger partial charge in [0, 0.05) is 10.8 Å². The third-order valence-corrected chi connectivity index (χ3v) is 8.92. The molecule has 1 heterocycles. The maximum absolute atomic E-state index is 14.0. The normalized spacial score (nSPS) is 11.3. The minimum atomic E-state index is -4.42. The maximum atomic E-state index is 14.0. The number of hydrogen-bond donors (Lipinski definition) is 0. The summed E-state index contributed by atoms with van der Waals surface area (Å²) in [5.74, 6) is -0.241. The predicted molar refractivity (Wildman–Crippen MR) is 173 cm³/mol. The SMILES string of the molecule is Cc1ccc(S(=O)(=O)N(C(=O)Oc2c3ccccc3nc3ccccc23)c2ccc(CC(=O)OCc3ccccc3)cc2)cc1. The molecule has 0 unspecified atom stereocenters. The Balaban J connectivity index is 1.33. The van der Waals surface area contributed by atoms with Gasteiger partial charge in [0.2, 0.25) is 0 Å². The molecule has 0 N–H and O–H groups in total. The monoisotopic (exact) mass is 616 g/mol. The lowest BCUT2D eigenvalue weighted by Gasteiger charge is -2.23. The number of pyridine rings is 1. The van der Waals surface area contributed by atoms with Gasteiger partial charge in [0.25, 0.3) is 10.0 Å². The van der Waals surface area contributed by atoms with E-state index in [0.29, 0.717) is 31.7 Å². The van der Waals surface area contributed by atoms with E-state index in [1.54, 1.807) is 60.7 Å². The molecule has 224 valence electrons. The number of carbonyl (C=O) groups is 2. The first-order valence-corrected chi connectivity index (χ1v) is 15.6. The number of amides is 1. The zero-order valence-electron chi connectivity index (χ0n) is 24.3. The van der Waals surface area contributed by atoms with Gasteiger partial charge in [0.1, 0.15) is 6.61 Å². The number of esters is 1. The Labute approximate surface area is 260 Å². The lowest BCUT2D eigenvalue weighted by Crippen LogP contribution is -2.39. The van der Waals surface area contributed by atoms with Gasteiger partial charge in [-0.05, 0) is 66.6 Å². The smallest absolute Gasteiger partial charge is 0.434 e. The Bertz CT molecular complexity index is 2060. The number of para-hydroxylation sites is 2. The van der Waals surface area contributed by atoms with Crippen molar-refractivity contribution >= 4 is 49.6 Å². The number of aromatic nitrogens is 1. The summed E-state index contributed by atoms with van der Waals surface area (Å²) in [4.78, 5) is 31.1. The molecule has 6 rings (SSSR count). The van der Waals surface area contributed by atoms with Crippen LogP contribution in [0.4, 0.5) is 10.5 Å². The van der Waals surface area contributed by atoms with Crippen molar-refractivity contribution < 1.29 is 27.5 Å². The van der Waals surface area contributed by atoms with Crippen LogP contribution in [0.1, 0.15) is 16.7 Å². The van der Waals surface area contributed by atoms with Crippen molar-refractivity contribution in [2.45, 2.75) is 24.8 Å². The number of anilines is 1. The quantitative estimate of drug-likeness (QED) is 0.130. The molecule has 0 aliphatic rings. The first kappa shape index (κ1) is 29.5. The molecule has 45 heavy (non-hydrogen) atoms. The average molecular weight is 617 g/mol. The fraction of sp³-hybridized carbons (Fsp3) is 0.0833. The number of ether oxygens (including phenoxy) is 2. The van der Waals surface area contributed by atoms with Gasteiger partial charge < -0.3 is 9.47 Å². The fourth-order valence-corrected chi connectivity index (χ4v) is 6.23. The van der Waals surface area contributed by atoms with Crippen molar-refractivity contribution in [2.24, 2.45) is 0 Å². The van der Waals surface area contributed by atoms with Gasteiger partial charge in [-0.15, -0.1) is 0 Å². The van der Waals surface area contributed by atoms with Crippen molar-refractivity contribution in [1.82, 2.24) is 4.98 Å². The van der Waals surface area contributed by atoms with Crippen molar-refractivity contribution in [1.29, 1.82) is 0 Å². The molecular formula is C36H28N2O6S. The molecule has 0 saturated heterocycles. The summed E-state index contributed by atoms with van der Waals surface area (Å²) in [6, 6.07) is 36.0. The van der Waals surface area contributed by atoms with Crippen molar-refractivity contribution in [2.75, 3.05) is 4.31 Å². The summed E-state index contributed by atoms with van der Waals surface area (Å²) in [5, 5.41) is 1.11. The molecule has 8 nitrogen and oxygen atoms in total. The zero-order chi connectivity index (χ0) is 31.4. The molecule has 9 heteroatoms. The maximum Gasteiger partial charge on any atom is 0.434 e. The first-order valence-electron chi connectivity index (χ1n) is 14.2. The third-order valence-electron chi connectivity index (χ3n) is 7.21.